The molecule has 6 heteroatoms. The minimum Gasteiger partial charge on any atom is -0.468 e. The van der Waals surface area contributed by atoms with E-state index in [9.17, 15) is 9.59 Å². The molecule has 0 aromatic heterocycles. The molecule has 0 saturated heterocycles. The first-order valence-electron chi connectivity index (χ1n) is 6.08. The van der Waals surface area contributed by atoms with E-state index in [1.807, 2.05) is 30.5 Å². The van der Waals surface area contributed by atoms with Crippen LogP contribution >= 0.6 is 11.8 Å². The van der Waals surface area contributed by atoms with Crippen molar-refractivity contribution in [2.45, 2.75) is 11.4 Å². The Hall–Kier alpha value is -1.53. The second kappa shape index (κ2) is 8.60. The van der Waals surface area contributed by atoms with E-state index in [4.69, 9.17) is 0 Å². The molecule has 5 nitrogen and oxygen atoms in total. The lowest BCUT2D eigenvalue weighted by molar-refractivity contribution is -0.145. The van der Waals surface area contributed by atoms with Gasteiger partial charge in [-0.15, -0.1) is 11.8 Å². The molecule has 0 unspecified atom stereocenters. The number of thioether (sulfide) groups is 1. The van der Waals surface area contributed by atoms with Crippen LogP contribution in [0.3, 0.4) is 0 Å². The summed E-state index contributed by atoms with van der Waals surface area (Å²) < 4.78 is 9.27. The summed E-state index contributed by atoms with van der Waals surface area (Å²) in [6.07, 6.45) is 2.01. The number of carbonyl (C=O) groups excluding carboxylic acids is 2. The van der Waals surface area contributed by atoms with Crippen molar-refractivity contribution in [1.82, 2.24) is 4.90 Å². The van der Waals surface area contributed by atoms with Crippen molar-refractivity contribution in [2.75, 3.05) is 33.6 Å². The minimum absolute atomic E-state index is 0.0515. The first-order valence-corrected chi connectivity index (χ1v) is 7.30. The van der Waals surface area contributed by atoms with E-state index in [1.54, 1.807) is 16.7 Å². The lowest BCUT2D eigenvalue weighted by atomic mass is 10.2. The summed E-state index contributed by atoms with van der Waals surface area (Å²) in [4.78, 5) is 25.6. The van der Waals surface area contributed by atoms with Gasteiger partial charge in [0.2, 0.25) is 0 Å². The summed E-state index contributed by atoms with van der Waals surface area (Å²) in [6, 6.07) is 7.98. The maximum atomic E-state index is 11.4. The topological polar surface area (TPSA) is 55.8 Å². The molecule has 0 saturated carbocycles. The number of ether oxygens (including phenoxy) is 2. The highest BCUT2D eigenvalue weighted by Gasteiger charge is 2.15. The van der Waals surface area contributed by atoms with Gasteiger partial charge >= 0.3 is 11.9 Å². The molecule has 0 spiro atoms. The molecule has 0 aliphatic heterocycles. The zero-order chi connectivity index (χ0) is 15.0. The fourth-order valence-electron chi connectivity index (χ4n) is 1.65. The summed E-state index contributed by atoms with van der Waals surface area (Å²) in [5.74, 6) is -0.760. The number of methoxy groups -OCH3 is 2. The molecule has 1 rings (SSSR count). The van der Waals surface area contributed by atoms with Gasteiger partial charge in [-0.25, -0.2) is 0 Å². The zero-order valence-electron chi connectivity index (χ0n) is 11.9. The van der Waals surface area contributed by atoms with Gasteiger partial charge in [-0.3, -0.25) is 14.5 Å². The van der Waals surface area contributed by atoms with Gasteiger partial charge in [-0.2, -0.15) is 0 Å². The fraction of sp³-hybridized carbons (Fsp3) is 0.429. The average molecular weight is 297 g/mol. The Morgan fingerprint density at radius 3 is 1.95 bits per heavy atom. The molecule has 0 fully saturated rings. The Balaban J connectivity index is 2.70. The van der Waals surface area contributed by atoms with Crippen LogP contribution < -0.4 is 0 Å². The van der Waals surface area contributed by atoms with Gasteiger partial charge in [0, 0.05) is 11.4 Å². The second-order valence-corrected chi connectivity index (χ2v) is 5.03. The number of benzene rings is 1. The van der Waals surface area contributed by atoms with Crippen LogP contribution in [0.1, 0.15) is 5.56 Å². The van der Waals surface area contributed by atoms with Crippen molar-refractivity contribution in [3.63, 3.8) is 0 Å². The van der Waals surface area contributed by atoms with Gasteiger partial charge in [-0.05, 0) is 24.0 Å². The monoisotopic (exact) mass is 297 g/mol. The molecule has 0 heterocycles. The third-order valence-corrected chi connectivity index (χ3v) is 3.47. The molecule has 1 aromatic carbocycles. The highest BCUT2D eigenvalue weighted by atomic mass is 32.2. The predicted octanol–water partition coefficient (Wildman–Crippen LogP) is 1.56. The smallest absolute Gasteiger partial charge is 0.319 e. The molecule has 0 aliphatic rings. The molecular weight excluding hydrogens is 278 g/mol. The Bertz CT molecular complexity index is 429. The van der Waals surface area contributed by atoms with Crippen LogP contribution in [0.5, 0.6) is 0 Å². The zero-order valence-corrected chi connectivity index (χ0v) is 12.7. The van der Waals surface area contributed by atoms with Crippen LogP contribution in [-0.2, 0) is 25.6 Å². The van der Waals surface area contributed by atoms with Crippen LogP contribution in [0.2, 0.25) is 0 Å². The van der Waals surface area contributed by atoms with Crippen LogP contribution in [0, 0.1) is 0 Å². The Labute approximate surface area is 123 Å². The van der Waals surface area contributed by atoms with Gasteiger partial charge in [0.05, 0.1) is 27.3 Å². The Morgan fingerprint density at radius 1 is 1.05 bits per heavy atom. The number of rotatable bonds is 7. The summed E-state index contributed by atoms with van der Waals surface area (Å²) in [6.45, 7) is 0.588. The molecule has 0 bridgehead atoms. The fourth-order valence-corrected chi connectivity index (χ4v) is 2.06. The molecule has 110 valence electrons. The first kappa shape index (κ1) is 16.5. The van der Waals surface area contributed by atoms with E-state index in [0.29, 0.717) is 6.54 Å². The standard InChI is InChI=1S/C14H19NO4S/c1-18-13(16)9-15(10-14(17)19-2)8-11-4-6-12(20-3)7-5-11/h4-7H,8-10H2,1-3H3. The number of esters is 2. The van der Waals surface area contributed by atoms with Crippen molar-refractivity contribution in [1.29, 1.82) is 0 Å². The number of hydrogen-bond donors (Lipinski definition) is 0. The van der Waals surface area contributed by atoms with Crippen LogP contribution in [0.4, 0.5) is 0 Å². The molecular formula is C14H19NO4S. The van der Waals surface area contributed by atoms with Crippen LogP contribution in [-0.4, -0.2) is 50.4 Å². The minimum atomic E-state index is -0.380. The van der Waals surface area contributed by atoms with Crippen molar-refractivity contribution in [3.05, 3.63) is 29.8 Å². The quantitative estimate of drug-likeness (QED) is 0.562. The van der Waals surface area contributed by atoms with Gasteiger partial charge in [0.1, 0.15) is 0 Å². The van der Waals surface area contributed by atoms with E-state index >= 15 is 0 Å². The SMILES string of the molecule is COC(=O)CN(CC(=O)OC)Cc1ccc(SC)cc1. The van der Waals surface area contributed by atoms with Crippen molar-refractivity contribution in [3.8, 4) is 0 Å². The van der Waals surface area contributed by atoms with Gasteiger partial charge in [0.25, 0.3) is 0 Å². The normalized spacial score (nSPS) is 10.4. The van der Waals surface area contributed by atoms with E-state index in [-0.39, 0.29) is 25.0 Å². The van der Waals surface area contributed by atoms with Gasteiger partial charge in [-0.1, -0.05) is 12.1 Å². The molecule has 0 radical (unpaired) electrons. The number of hydrogen-bond acceptors (Lipinski definition) is 6. The van der Waals surface area contributed by atoms with E-state index in [2.05, 4.69) is 9.47 Å². The van der Waals surface area contributed by atoms with Crippen molar-refractivity contribution in [2.24, 2.45) is 0 Å². The summed E-state index contributed by atoms with van der Waals surface area (Å²) >= 11 is 1.66. The molecule has 0 aliphatic carbocycles. The summed E-state index contributed by atoms with van der Waals surface area (Å²) in [7, 11) is 2.65. The highest BCUT2D eigenvalue weighted by Crippen LogP contribution is 2.15. The molecule has 1 aromatic rings. The van der Waals surface area contributed by atoms with E-state index in [1.165, 1.54) is 19.1 Å². The van der Waals surface area contributed by atoms with Crippen molar-refractivity contribution >= 4 is 23.7 Å². The molecule has 0 amide bonds. The van der Waals surface area contributed by atoms with E-state index < -0.39 is 0 Å². The molecule has 0 N–H and O–H groups in total. The number of nitrogens with zero attached hydrogens (tertiary/aromatic N) is 1. The third-order valence-electron chi connectivity index (χ3n) is 2.73. The highest BCUT2D eigenvalue weighted by molar-refractivity contribution is 7.98. The van der Waals surface area contributed by atoms with Gasteiger partial charge in [0.15, 0.2) is 0 Å². The second-order valence-electron chi connectivity index (χ2n) is 4.15. The Kier molecular flexibility index (Phi) is 7.11. The molecule has 20 heavy (non-hydrogen) atoms. The van der Waals surface area contributed by atoms with Crippen LogP contribution in [0.25, 0.3) is 0 Å². The lowest BCUT2D eigenvalue weighted by Crippen LogP contribution is -2.35. The van der Waals surface area contributed by atoms with Gasteiger partial charge < -0.3 is 9.47 Å². The summed E-state index contributed by atoms with van der Waals surface area (Å²) in [5.41, 5.74) is 1.02. The first-order chi connectivity index (χ1) is 9.58. The van der Waals surface area contributed by atoms with Crippen LogP contribution in [0.15, 0.2) is 29.2 Å². The maximum Gasteiger partial charge on any atom is 0.319 e. The maximum absolute atomic E-state index is 11.4. The lowest BCUT2D eigenvalue weighted by Gasteiger charge is -2.19. The largest absolute Gasteiger partial charge is 0.468 e. The van der Waals surface area contributed by atoms with E-state index in [0.717, 1.165) is 5.56 Å². The molecule has 0 atom stereocenters. The Morgan fingerprint density at radius 2 is 1.55 bits per heavy atom. The summed E-state index contributed by atoms with van der Waals surface area (Å²) in [5, 5.41) is 0. The van der Waals surface area contributed by atoms with Crippen molar-refractivity contribution < 1.29 is 19.1 Å². The predicted molar refractivity (Wildman–Crippen MR) is 77.5 cm³/mol. The third kappa shape index (κ3) is 5.63. The average Bonchev–Trinajstić information content (AvgIpc) is 2.47. The number of carbonyl (C=O) groups is 2.